The molecule has 0 fully saturated rings. The highest BCUT2D eigenvalue weighted by Gasteiger charge is 2.26. The first kappa shape index (κ1) is 23.7. The fourth-order valence-corrected chi connectivity index (χ4v) is 5.40. The van der Waals surface area contributed by atoms with Crippen molar-refractivity contribution in [2.75, 3.05) is 13.7 Å². The molecule has 1 N–H and O–H groups in total. The van der Waals surface area contributed by atoms with Gasteiger partial charge in [0.25, 0.3) is 5.56 Å². The Bertz CT molecular complexity index is 1480. The van der Waals surface area contributed by atoms with Gasteiger partial charge in [-0.3, -0.25) is 4.79 Å². The number of hydrogen-bond acceptors (Lipinski definition) is 4. The number of aryl methyl sites for hydroxylation is 2. The smallest absolute Gasteiger partial charge is 0.252 e. The second kappa shape index (κ2) is 9.83. The minimum Gasteiger partial charge on any atom is -0.497 e. The van der Waals surface area contributed by atoms with E-state index in [4.69, 9.17) is 4.74 Å². The Morgan fingerprint density at radius 3 is 2.35 bits per heavy atom. The number of ether oxygens (including phenoxy) is 1. The molecule has 4 rings (SSSR count). The van der Waals surface area contributed by atoms with Gasteiger partial charge in [0, 0.05) is 24.2 Å². The summed E-state index contributed by atoms with van der Waals surface area (Å²) in [5, 5.41) is 0.862. The molecule has 0 spiro atoms. The normalized spacial score (nSPS) is 11.8. The van der Waals surface area contributed by atoms with Crippen molar-refractivity contribution in [2.45, 2.75) is 31.7 Å². The van der Waals surface area contributed by atoms with E-state index in [0.29, 0.717) is 17.7 Å². The number of fused-ring (bicyclic) bond motifs is 1. The summed E-state index contributed by atoms with van der Waals surface area (Å²) in [5.74, 6) is 0.576. The lowest BCUT2D eigenvalue weighted by atomic mass is 10.1. The van der Waals surface area contributed by atoms with Crippen molar-refractivity contribution in [3.05, 3.63) is 105 Å². The average Bonchev–Trinajstić information content (AvgIpc) is 2.83. The van der Waals surface area contributed by atoms with Crippen molar-refractivity contribution in [3.63, 3.8) is 0 Å². The lowest BCUT2D eigenvalue weighted by Crippen LogP contribution is -2.34. The average molecular weight is 477 g/mol. The molecule has 1 heterocycles. The maximum atomic E-state index is 13.6. The zero-order valence-corrected chi connectivity index (χ0v) is 20.4. The molecule has 0 aliphatic carbocycles. The van der Waals surface area contributed by atoms with E-state index in [1.54, 1.807) is 18.2 Å². The van der Waals surface area contributed by atoms with Gasteiger partial charge in [0.15, 0.2) is 0 Å². The van der Waals surface area contributed by atoms with Crippen LogP contribution in [0.5, 0.6) is 5.75 Å². The van der Waals surface area contributed by atoms with Crippen LogP contribution >= 0.6 is 0 Å². The Kier molecular flexibility index (Phi) is 6.86. The molecule has 34 heavy (non-hydrogen) atoms. The van der Waals surface area contributed by atoms with Crippen molar-refractivity contribution >= 4 is 20.9 Å². The molecular weight excluding hydrogens is 448 g/mol. The number of rotatable bonds is 8. The number of aromatic nitrogens is 1. The van der Waals surface area contributed by atoms with Gasteiger partial charge >= 0.3 is 0 Å². The summed E-state index contributed by atoms with van der Waals surface area (Å²) in [6, 6.07) is 21.8. The van der Waals surface area contributed by atoms with Crippen LogP contribution in [-0.2, 0) is 23.0 Å². The predicted molar refractivity (Wildman–Crippen MR) is 135 cm³/mol. The lowest BCUT2D eigenvalue weighted by Gasteiger charge is -2.23. The molecule has 0 saturated heterocycles. The number of aromatic amines is 1. The van der Waals surface area contributed by atoms with Gasteiger partial charge in [0.2, 0.25) is 10.0 Å². The zero-order chi connectivity index (χ0) is 24.3. The molecule has 0 saturated carbocycles. The van der Waals surface area contributed by atoms with E-state index in [1.807, 2.05) is 56.3 Å². The Balaban J connectivity index is 1.71. The number of H-pyrrole nitrogens is 1. The molecular formula is C27H28N2O4S. The van der Waals surface area contributed by atoms with Gasteiger partial charge in [-0.1, -0.05) is 36.4 Å². The summed E-state index contributed by atoms with van der Waals surface area (Å²) in [7, 11) is -2.33. The van der Waals surface area contributed by atoms with Crippen LogP contribution < -0.4 is 10.3 Å². The number of benzene rings is 3. The molecule has 0 unspecified atom stereocenters. The minimum absolute atomic E-state index is 0.0284. The van der Waals surface area contributed by atoms with Crippen LogP contribution in [-0.4, -0.2) is 31.4 Å². The van der Waals surface area contributed by atoms with Crippen molar-refractivity contribution in [3.8, 4) is 5.75 Å². The Morgan fingerprint density at radius 1 is 0.912 bits per heavy atom. The van der Waals surface area contributed by atoms with E-state index in [-0.39, 0.29) is 23.5 Å². The second-order valence-electron chi connectivity index (χ2n) is 8.41. The fourth-order valence-electron chi connectivity index (χ4n) is 3.98. The topological polar surface area (TPSA) is 79.5 Å². The van der Waals surface area contributed by atoms with E-state index in [1.165, 1.54) is 23.5 Å². The summed E-state index contributed by atoms with van der Waals surface area (Å²) in [6.07, 6.45) is 0.534. The monoisotopic (exact) mass is 476 g/mol. The van der Waals surface area contributed by atoms with E-state index in [0.717, 1.165) is 27.6 Å². The highest BCUT2D eigenvalue weighted by Crippen LogP contribution is 2.23. The molecule has 1 aromatic heterocycles. The van der Waals surface area contributed by atoms with Gasteiger partial charge < -0.3 is 9.72 Å². The number of nitrogens with one attached hydrogen (secondary N) is 1. The predicted octanol–water partition coefficient (Wildman–Crippen LogP) is 4.59. The van der Waals surface area contributed by atoms with Crippen LogP contribution in [0.25, 0.3) is 10.9 Å². The SMILES string of the molecule is COc1ccc(S(=O)(=O)N(CCc2ccccc2C)Cc2cc3ccc(C)cc3[nH]c2=O)cc1. The minimum atomic E-state index is -3.86. The third kappa shape index (κ3) is 5.05. The molecule has 176 valence electrons. The first-order valence-electron chi connectivity index (χ1n) is 11.1. The molecule has 0 radical (unpaired) electrons. The van der Waals surface area contributed by atoms with Crippen LogP contribution in [0.2, 0.25) is 0 Å². The van der Waals surface area contributed by atoms with Gasteiger partial charge in [-0.25, -0.2) is 8.42 Å². The van der Waals surface area contributed by atoms with Crippen LogP contribution in [0.4, 0.5) is 0 Å². The van der Waals surface area contributed by atoms with Crippen molar-refractivity contribution in [2.24, 2.45) is 0 Å². The summed E-state index contributed by atoms with van der Waals surface area (Å²) in [4.78, 5) is 15.9. The summed E-state index contributed by atoms with van der Waals surface area (Å²) in [6.45, 7) is 4.18. The number of hydrogen-bond donors (Lipinski definition) is 1. The summed E-state index contributed by atoms with van der Waals surface area (Å²) >= 11 is 0. The van der Waals surface area contributed by atoms with Crippen molar-refractivity contribution < 1.29 is 13.2 Å². The Morgan fingerprint density at radius 2 is 1.65 bits per heavy atom. The van der Waals surface area contributed by atoms with E-state index in [9.17, 15) is 13.2 Å². The third-order valence-electron chi connectivity index (χ3n) is 6.01. The molecule has 4 aromatic rings. The molecule has 6 nitrogen and oxygen atoms in total. The largest absolute Gasteiger partial charge is 0.497 e. The number of methoxy groups -OCH3 is 1. The standard InChI is InChI=1S/C27H28N2O4S/c1-19-8-9-22-17-23(27(30)28-26(22)16-19)18-29(15-14-21-7-5-4-6-20(21)2)34(31,32)25-12-10-24(33-3)11-13-25/h4-13,16-17H,14-15,18H2,1-3H3,(H,28,30). The fraction of sp³-hybridized carbons (Fsp3) is 0.222. The molecule has 0 aliphatic rings. The van der Waals surface area contributed by atoms with Crippen LogP contribution in [0.15, 0.2) is 82.5 Å². The van der Waals surface area contributed by atoms with E-state index in [2.05, 4.69) is 4.98 Å². The number of nitrogens with zero attached hydrogens (tertiary/aromatic N) is 1. The van der Waals surface area contributed by atoms with Gasteiger partial charge in [-0.15, -0.1) is 0 Å². The quantitative estimate of drug-likeness (QED) is 0.404. The maximum Gasteiger partial charge on any atom is 0.252 e. The Labute approximate surface area is 199 Å². The van der Waals surface area contributed by atoms with Gasteiger partial charge in [-0.05, 0) is 78.7 Å². The van der Waals surface area contributed by atoms with Crippen LogP contribution in [0.3, 0.4) is 0 Å². The van der Waals surface area contributed by atoms with E-state index >= 15 is 0 Å². The van der Waals surface area contributed by atoms with E-state index < -0.39 is 10.0 Å². The molecule has 0 aliphatic heterocycles. The molecule has 3 aromatic carbocycles. The highest BCUT2D eigenvalue weighted by molar-refractivity contribution is 7.89. The van der Waals surface area contributed by atoms with Crippen molar-refractivity contribution in [1.82, 2.24) is 9.29 Å². The molecule has 0 bridgehead atoms. The molecule has 0 atom stereocenters. The van der Waals surface area contributed by atoms with Gasteiger partial charge in [-0.2, -0.15) is 4.31 Å². The van der Waals surface area contributed by atoms with Crippen LogP contribution in [0.1, 0.15) is 22.3 Å². The molecule has 7 heteroatoms. The lowest BCUT2D eigenvalue weighted by molar-refractivity contribution is 0.406. The zero-order valence-electron chi connectivity index (χ0n) is 19.5. The van der Waals surface area contributed by atoms with Gasteiger partial charge in [0.05, 0.1) is 12.0 Å². The highest BCUT2D eigenvalue weighted by atomic mass is 32.2. The first-order chi connectivity index (χ1) is 16.3. The maximum absolute atomic E-state index is 13.6. The number of sulfonamides is 1. The second-order valence-corrected chi connectivity index (χ2v) is 10.3. The van der Waals surface area contributed by atoms with Gasteiger partial charge in [0.1, 0.15) is 5.75 Å². The molecule has 0 amide bonds. The summed E-state index contributed by atoms with van der Waals surface area (Å²) < 4.78 is 33.8. The van der Waals surface area contributed by atoms with Crippen molar-refractivity contribution in [1.29, 1.82) is 0 Å². The number of pyridine rings is 1. The first-order valence-corrected chi connectivity index (χ1v) is 12.5. The Hall–Kier alpha value is -3.42. The third-order valence-corrected chi connectivity index (χ3v) is 7.87. The summed E-state index contributed by atoms with van der Waals surface area (Å²) in [5.41, 5.74) is 4.06. The van der Waals surface area contributed by atoms with Crippen LogP contribution in [0, 0.1) is 13.8 Å².